The summed E-state index contributed by atoms with van der Waals surface area (Å²) in [5.74, 6) is 0. The van der Waals surface area contributed by atoms with Gasteiger partial charge in [0.2, 0.25) is 0 Å². The first-order valence-corrected chi connectivity index (χ1v) is 5.68. The van der Waals surface area contributed by atoms with Gasteiger partial charge in [0.25, 0.3) is 0 Å². The minimum absolute atomic E-state index is 0.100. The molecule has 0 fully saturated rings. The maximum atomic E-state index is 11.6. The standard InChI is InChI=1S/C13H8OS/c14-13-3-1-2-10-6-9-4-5-15-8-11(9)7-12(10)13/h1-8H. The molecule has 0 unspecified atom stereocenters. The van der Waals surface area contributed by atoms with Crippen LogP contribution in [0.1, 0.15) is 0 Å². The molecule has 3 aromatic rings. The van der Waals surface area contributed by atoms with E-state index in [1.54, 1.807) is 17.4 Å². The van der Waals surface area contributed by atoms with Crippen LogP contribution in [0.5, 0.6) is 0 Å². The van der Waals surface area contributed by atoms with Crippen LogP contribution in [0, 0.1) is 0 Å². The van der Waals surface area contributed by atoms with Gasteiger partial charge in [0.1, 0.15) is 0 Å². The van der Waals surface area contributed by atoms with Gasteiger partial charge in [0.05, 0.1) is 0 Å². The molecule has 0 radical (unpaired) electrons. The Morgan fingerprint density at radius 2 is 1.87 bits per heavy atom. The van der Waals surface area contributed by atoms with Gasteiger partial charge < -0.3 is 0 Å². The molecule has 2 aromatic carbocycles. The van der Waals surface area contributed by atoms with Crippen LogP contribution in [0.3, 0.4) is 0 Å². The second kappa shape index (κ2) is 3.17. The lowest BCUT2D eigenvalue weighted by molar-refractivity contribution is 1.68. The summed E-state index contributed by atoms with van der Waals surface area (Å²) in [5.41, 5.74) is 0.100. The highest BCUT2D eigenvalue weighted by atomic mass is 32.1. The molecule has 0 amide bonds. The van der Waals surface area contributed by atoms with Gasteiger partial charge in [-0.15, -0.1) is 0 Å². The van der Waals surface area contributed by atoms with Crippen molar-refractivity contribution in [2.75, 3.05) is 0 Å². The van der Waals surface area contributed by atoms with Crippen LogP contribution < -0.4 is 5.43 Å². The molecule has 0 atom stereocenters. The lowest BCUT2D eigenvalue weighted by atomic mass is 10.1. The minimum atomic E-state index is 0.100. The molecule has 0 spiro atoms. The predicted octanol–water partition coefficient (Wildman–Crippen LogP) is 3.41. The van der Waals surface area contributed by atoms with E-state index in [4.69, 9.17) is 0 Å². The van der Waals surface area contributed by atoms with Crippen LogP contribution in [0.15, 0.2) is 52.0 Å². The summed E-state index contributed by atoms with van der Waals surface area (Å²) in [6.45, 7) is 0. The van der Waals surface area contributed by atoms with Gasteiger partial charge in [-0.25, -0.2) is 0 Å². The highest BCUT2D eigenvalue weighted by molar-refractivity contribution is 7.08. The number of rotatable bonds is 0. The molecule has 0 aliphatic rings. The maximum absolute atomic E-state index is 11.6. The monoisotopic (exact) mass is 212 g/mol. The van der Waals surface area contributed by atoms with Crippen molar-refractivity contribution in [1.29, 1.82) is 0 Å². The van der Waals surface area contributed by atoms with E-state index < -0.39 is 0 Å². The van der Waals surface area contributed by atoms with Crippen LogP contribution in [0.2, 0.25) is 0 Å². The fourth-order valence-corrected chi connectivity index (χ4v) is 2.46. The molecule has 3 rings (SSSR count). The summed E-state index contributed by atoms with van der Waals surface area (Å²) >= 11 is 1.64. The van der Waals surface area contributed by atoms with Crippen molar-refractivity contribution in [2.45, 2.75) is 0 Å². The first kappa shape index (κ1) is 8.62. The summed E-state index contributed by atoms with van der Waals surface area (Å²) in [4.78, 5) is 11.6. The molecular formula is C13H8OS. The van der Waals surface area contributed by atoms with Crippen molar-refractivity contribution >= 4 is 32.9 Å². The number of fused-ring (bicyclic) bond motifs is 2. The van der Waals surface area contributed by atoms with Crippen molar-refractivity contribution < 1.29 is 0 Å². The average Bonchev–Trinajstić information content (AvgIpc) is 2.27. The van der Waals surface area contributed by atoms with Crippen molar-refractivity contribution in [2.24, 2.45) is 0 Å². The molecule has 0 bridgehead atoms. The largest absolute Gasteiger partial charge is 0.289 e. The first-order chi connectivity index (χ1) is 7.34. The van der Waals surface area contributed by atoms with E-state index in [-0.39, 0.29) is 5.43 Å². The van der Waals surface area contributed by atoms with E-state index in [0.29, 0.717) is 0 Å². The van der Waals surface area contributed by atoms with E-state index in [0.717, 1.165) is 16.2 Å². The van der Waals surface area contributed by atoms with Gasteiger partial charge in [-0.3, -0.25) is 4.79 Å². The molecule has 0 aliphatic heterocycles. The predicted molar refractivity (Wildman–Crippen MR) is 65.6 cm³/mol. The Balaban J connectivity index is 2.59. The van der Waals surface area contributed by atoms with Gasteiger partial charge in [-0.2, -0.15) is 11.3 Å². The topological polar surface area (TPSA) is 17.1 Å². The molecule has 72 valence electrons. The van der Waals surface area contributed by atoms with Crippen LogP contribution in [-0.2, 0) is 0 Å². The Bertz CT molecular complexity index is 697. The van der Waals surface area contributed by atoms with E-state index in [1.165, 1.54) is 5.39 Å². The lowest BCUT2D eigenvalue weighted by Crippen LogP contribution is -1.97. The molecular weight excluding hydrogens is 204 g/mol. The summed E-state index contributed by atoms with van der Waals surface area (Å²) < 4.78 is 0. The normalized spacial score (nSPS) is 10.9. The molecule has 1 nitrogen and oxygen atoms in total. The fraction of sp³-hybridized carbons (Fsp3) is 0. The molecule has 0 saturated carbocycles. The summed E-state index contributed by atoms with van der Waals surface area (Å²) in [7, 11) is 0. The molecule has 1 heterocycles. The molecule has 0 saturated heterocycles. The van der Waals surface area contributed by atoms with Gasteiger partial charge in [-0.05, 0) is 51.2 Å². The zero-order valence-electron chi connectivity index (χ0n) is 7.94. The maximum Gasteiger partial charge on any atom is 0.186 e. The van der Waals surface area contributed by atoms with Crippen LogP contribution >= 0.6 is 11.3 Å². The Kier molecular flexibility index (Phi) is 1.82. The summed E-state index contributed by atoms with van der Waals surface area (Å²) in [6, 6.07) is 11.5. The number of hydrogen-bond acceptors (Lipinski definition) is 2. The zero-order valence-corrected chi connectivity index (χ0v) is 8.75. The highest BCUT2D eigenvalue weighted by Gasteiger charge is 1.99. The van der Waals surface area contributed by atoms with Crippen LogP contribution in [-0.4, -0.2) is 0 Å². The summed E-state index contributed by atoms with van der Waals surface area (Å²) in [5, 5.41) is 8.27. The highest BCUT2D eigenvalue weighted by Crippen LogP contribution is 2.21. The van der Waals surface area contributed by atoms with Crippen LogP contribution in [0.4, 0.5) is 0 Å². The second-order valence-electron chi connectivity index (χ2n) is 3.52. The molecule has 1 aromatic heterocycles. The lowest BCUT2D eigenvalue weighted by Gasteiger charge is -1.99. The smallest absolute Gasteiger partial charge is 0.186 e. The first-order valence-electron chi connectivity index (χ1n) is 4.73. The fourth-order valence-electron chi connectivity index (χ4n) is 1.80. The quantitative estimate of drug-likeness (QED) is 0.522. The van der Waals surface area contributed by atoms with Crippen molar-refractivity contribution in [3.8, 4) is 0 Å². The molecule has 0 aliphatic carbocycles. The van der Waals surface area contributed by atoms with E-state index in [2.05, 4.69) is 22.9 Å². The van der Waals surface area contributed by atoms with Gasteiger partial charge >= 0.3 is 0 Å². The Labute approximate surface area is 90.6 Å². The van der Waals surface area contributed by atoms with Crippen molar-refractivity contribution in [3.05, 3.63) is 57.4 Å². The average molecular weight is 212 g/mol. The zero-order chi connectivity index (χ0) is 10.3. The number of benzene rings is 2. The summed E-state index contributed by atoms with van der Waals surface area (Å²) in [6.07, 6.45) is 0. The molecule has 15 heavy (non-hydrogen) atoms. The third-order valence-electron chi connectivity index (χ3n) is 2.57. The number of hydrogen-bond donors (Lipinski definition) is 0. The van der Waals surface area contributed by atoms with E-state index in [9.17, 15) is 4.79 Å². The Morgan fingerprint density at radius 1 is 0.933 bits per heavy atom. The molecule has 2 heteroatoms. The Hall–Kier alpha value is -1.67. The van der Waals surface area contributed by atoms with Gasteiger partial charge in [0, 0.05) is 5.39 Å². The van der Waals surface area contributed by atoms with Crippen molar-refractivity contribution in [1.82, 2.24) is 0 Å². The Morgan fingerprint density at radius 3 is 2.80 bits per heavy atom. The van der Waals surface area contributed by atoms with E-state index >= 15 is 0 Å². The third kappa shape index (κ3) is 1.34. The second-order valence-corrected chi connectivity index (χ2v) is 4.30. The SMILES string of the molecule is O=c1cccc2cc3ccscc3cc12. The molecule has 0 N–H and O–H groups in total. The van der Waals surface area contributed by atoms with Crippen molar-refractivity contribution in [3.63, 3.8) is 0 Å². The van der Waals surface area contributed by atoms with Gasteiger partial charge in [-0.1, -0.05) is 12.1 Å². The van der Waals surface area contributed by atoms with Crippen LogP contribution in [0.25, 0.3) is 21.5 Å². The minimum Gasteiger partial charge on any atom is -0.289 e. The van der Waals surface area contributed by atoms with Gasteiger partial charge in [0.15, 0.2) is 5.43 Å². The third-order valence-corrected chi connectivity index (χ3v) is 3.25. The van der Waals surface area contributed by atoms with E-state index in [1.807, 2.05) is 18.2 Å².